The van der Waals surface area contributed by atoms with Gasteiger partial charge < -0.3 is 16.0 Å². The molecular formula is C33H35FN6O3S. The fourth-order valence-corrected chi connectivity index (χ4v) is 7.48. The summed E-state index contributed by atoms with van der Waals surface area (Å²) in [6.45, 7) is 2.34. The van der Waals surface area contributed by atoms with Crippen molar-refractivity contribution in [3.8, 4) is 16.9 Å². The van der Waals surface area contributed by atoms with Crippen molar-refractivity contribution in [2.75, 3.05) is 19.6 Å². The molecule has 0 bridgehead atoms. The maximum Gasteiger partial charge on any atom is 0.354 e. The van der Waals surface area contributed by atoms with E-state index in [9.17, 15) is 17.6 Å². The van der Waals surface area contributed by atoms with Crippen LogP contribution in [0.3, 0.4) is 0 Å². The Morgan fingerprint density at radius 3 is 2.32 bits per heavy atom. The lowest BCUT2D eigenvalue weighted by atomic mass is 10.1. The van der Waals surface area contributed by atoms with Crippen molar-refractivity contribution in [3.63, 3.8) is 0 Å². The molecule has 228 valence electrons. The van der Waals surface area contributed by atoms with Crippen molar-refractivity contribution < 1.29 is 12.8 Å². The number of hydrogen-bond donors (Lipinski definition) is 3. The molecule has 3 heterocycles. The molecule has 11 heteroatoms. The summed E-state index contributed by atoms with van der Waals surface area (Å²) in [6, 6.07) is 22.4. The van der Waals surface area contributed by atoms with E-state index in [-0.39, 0.29) is 16.8 Å². The number of rotatable bonds is 10. The molecule has 0 spiro atoms. The van der Waals surface area contributed by atoms with Gasteiger partial charge in [0.2, 0.25) is 10.0 Å². The van der Waals surface area contributed by atoms with E-state index in [1.165, 1.54) is 16.7 Å². The molecule has 4 N–H and O–H groups in total. The Bertz CT molecular complexity index is 1900. The Morgan fingerprint density at radius 2 is 1.64 bits per heavy atom. The number of fused-ring (bicyclic) bond motifs is 1. The first-order valence-corrected chi connectivity index (χ1v) is 16.2. The minimum Gasteiger partial charge on any atom is -0.339 e. The maximum absolute atomic E-state index is 14.0. The van der Waals surface area contributed by atoms with Crippen LogP contribution in [0.2, 0.25) is 0 Å². The summed E-state index contributed by atoms with van der Waals surface area (Å²) in [5.74, 6) is -0.285. The first kappa shape index (κ1) is 29.9. The molecule has 5 aromatic rings. The van der Waals surface area contributed by atoms with E-state index in [4.69, 9.17) is 5.73 Å². The number of aromatic amines is 1. The van der Waals surface area contributed by atoms with Gasteiger partial charge in [0.1, 0.15) is 11.5 Å². The number of halogens is 1. The third-order valence-corrected chi connectivity index (χ3v) is 10.2. The minimum absolute atomic E-state index is 0.0894. The van der Waals surface area contributed by atoms with Crippen LogP contribution in [-0.2, 0) is 23.0 Å². The Labute approximate surface area is 255 Å². The van der Waals surface area contributed by atoms with Gasteiger partial charge in [-0.3, -0.25) is 4.57 Å². The van der Waals surface area contributed by atoms with Crippen molar-refractivity contribution in [1.29, 1.82) is 0 Å². The Hall–Kier alpha value is -4.16. The number of nitrogens with one attached hydrogen (secondary N) is 2. The van der Waals surface area contributed by atoms with E-state index in [1.54, 1.807) is 46.9 Å². The highest BCUT2D eigenvalue weighted by molar-refractivity contribution is 7.89. The predicted molar refractivity (Wildman–Crippen MR) is 170 cm³/mol. The van der Waals surface area contributed by atoms with Crippen molar-refractivity contribution in [1.82, 2.24) is 24.2 Å². The fraction of sp³-hybridized carbons (Fsp3) is 0.273. The summed E-state index contributed by atoms with van der Waals surface area (Å²) >= 11 is 0. The molecule has 1 aliphatic heterocycles. The molecule has 0 saturated carbocycles. The normalized spacial score (nSPS) is 14.4. The topological polar surface area (TPSA) is 126 Å². The van der Waals surface area contributed by atoms with Crippen LogP contribution in [0.15, 0.2) is 94.7 Å². The lowest BCUT2D eigenvalue weighted by molar-refractivity contribution is 0.260. The highest BCUT2D eigenvalue weighted by Crippen LogP contribution is 2.28. The molecule has 9 nitrogen and oxygen atoms in total. The molecule has 1 saturated heterocycles. The second kappa shape index (κ2) is 12.8. The van der Waals surface area contributed by atoms with Gasteiger partial charge in [0.15, 0.2) is 0 Å². The molecule has 6 rings (SSSR count). The largest absolute Gasteiger partial charge is 0.354 e. The van der Waals surface area contributed by atoms with Crippen molar-refractivity contribution in [2.24, 2.45) is 5.73 Å². The highest BCUT2D eigenvalue weighted by Gasteiger charge is 2.32. The molecular weight excluding hydrogens is 579 g/mol. The number of nitrogens with two attached hydrogens (primary N) is 1. The molecule has 2 aromatic heterocycles. The number of piperidine rings is 1. The molecule has 44 heavy (non-hydrogen) atoms. The van der Waals surface area contributed by atoms with Gasteiger partial charge in [0.25, 0.3) is 0 Å². The number of hydrogen-bond acceptors (Lipinski definition) is 6. The third-order valence-electron chi connectivity index (χ3n) is 8.20. The lowest BCUT2D eigenvalue weighted by Gasteiger charge is -2.34. The number of sulfonamides is 1. The van der Waals surface area contributed by atoms with Gasteiger partial charge in [-0.15, -0.1) is 0 Å². The average Bonchev–Trinajstić information content (AvgIpc) is 3.47. The summed E-state index contributed by atoms with van der Waals surface area (Å²) in [4.78, 5) is 20.4. The SMILES string of the molecule is NCc1ccc(-n2cc3cc(-c4ccc(S(=O)(=O)N(CCCc5ccc(F)cc5)C5CCNCC5)cc4)[nH]c3nc2=O)cc1. The van der Waals surface area contributed by atoms with Gasteiger partial charge in [0.05, 0.1) is 10.6 Å². The average molecular weight is 615 g/mol. The molecule has 0 unspecified atom stereocenters. The number of nitrogens with zero attached hydrogens (tertiary/aromatic N) is 3. The summed E-state index contributed by atoms with van der Waals surface area (Å²) in [5, 5.41) is 4.06. The first-order valence-electron chi connectivity index (χ1n) is 14.8. The maximum atomic E-state index is 14.0. The second-order valence-electron chi connectivity index (χ2n) is 11.1. The predicted octanol–water partition coefficient (Wildman–Crippen LogP) is 4.35. The van der Waals surface area contributed by atoms with Crippen LogP contribution in [0, 0.1) is 5.82 Å². The molecule has 3 aromatic carbocycles. The van der Waals surface area contributed by atoms with Gasteiger partial charge >= 0.3 is 5.69 Å². The summed E-state index contributed by atoms with van der Waals surface area (Å²) in [5.41, 5.74) is 9.87. The van der Waals surface area contributed by atoms with Crippen LogP contribution < -0.4 is 16.7 Å². The monoisotopic (exact) mass is 614 g/mol. The van der Waals surface area contributed by atoms with Gasteiger partial charge in [-0.25, -0.2) is 17.6 Å². The molecule has 1 fully saturated rings. The molecule has 1 aliphatic rings. The van der Waals surface area contributed by atoms with Gasteiger partial charge in [-0.05, 0) is 97.9 Å². The van der Waals surface area contributed by atoms with E-state index in [1.807, 2.05) is 30.3 Å². The van der Waals surface area contributed by atoms with Crippen LogP contribution in [-0.4, -0.2) is 52.9 Å². The van der Waals surface area contributed by atoms with Crippen LogP contribution in [0.1, 0.15) is 30.4 Å². The molecule has 0 atom stereocenters. The number of aryl methyl sites for hydroxylation is 1. The van der Waals surface area contributed by atoms with Gasteiger partial charge in [0, 0.05) is 36.4 Å². The van der Waals surface area contributed by atoms with Crippen LogP contribution in [0.5, 0.6) is 0 Å². The van der Waals surface area contributed by atoms with E-state index >= 15 is 0 Å². The van der Waals surface area contributed by atoms with Crippen LogP contribution in [0.4, 0.5) is 4.39 Å². The first-order chi connectivity index (χ1) is 21.3. The van der Waals surface area contributed by atoms with E-state index in [0.29, 0.717) is 37.3 Å². The smallest absolute Gasteiger partial charge is 0.339 e. The van der Waals surface area contributed by atoms with Crippen LogP contribution in [0.25, 0.3) is 28.0 Å². The zero-order valence-electron chi connectivity index (χ0n) is 24.2. The second-order valence-corrected chi connectivity index (χ2v) is 13.0. The van der Waals surface area contributed by atoms with E-state index in [0.717, 1.165) is 53.7 Å². The zero-order chi connectivity index (χ0) is 30.7. The minimum atomic E-state index is -3.76. The van der Waals surface area contributed by atoms with E-state index < -0.39 is 15.7 Å². The Balaban J connectivity index is 1.23. The quantitative estimate of drug-likeness (QED) is 0.215. The number of aromatic nitrogens is 3. The Morgan fingerprint density at radius 1 is 0.955 bits per heavy atom. The molecule has 0 radical (unpaired) electrons. The van der Waals surface area contributed by atoms with Crippen molar-refractivity contribution in [3.05, 3.63) is 112 Å². The number of H-pyrrole nitrogens is 1. The van der Waals surface area contributed by atoms with Crippen molar-refractivity contribution in [2.45, 2.75) is 43.2 Å². The van der Waals surface area contributed by atoms with Gasteiger partial charge in [-0.1, -0.05) is 36.4 Å². The highest BCUT2D eigenvalue weighted by atomic mass is 32.2. The fourth-order valence-electron chi connectivity index (χ4n) is 5.75. The number of benzene rings is 3. The Kier molecular flexibility index (Phi) is 8.72. The van der Waals surface area contributed by atoms with E-state index in [2.05, 4.69) is 15.3 Å². The molecule has 0 amide bonds. The molecule has 0 aliphatic carbocycles. The summed E-state index contributed by atoms with van der Waals surface area (Å²) < 4.78 is 44.4. The summed E-state index contributed by atoms with van der Waals surface area (Å²) in [6.07, 6.45) is 4.52. The van der Waals surface area contributed by atoms with Crippen LogP contribution >= 0.6 is 0 Å². The zero-order valence-corrected chi connectivity index (χ0v) is 25.1. The van der Waals surface area contributed by atoms with Crippen molar-refractivity contribution >= 4 is 21.1 Å². The third kappa shape index (κ3) is 6.36. The summed E-state index contributed by atoms with van der Waals surface area (Å²) in [7, 11) is -3.76. The standard InChI is InChI=1S/C33H35FN6O3S/c34-27-9-3-23(4-10-27)2-1-19-40(29-15-17-36-18-16-29)44(42,43)30-13-7-25(8-14-30)31-20-26-22-39(33(41)38-32(26)37-31)28-11-5-24(21-35)6-12-28/h3-14,20,22,29,36H,1-2,15-19,21,35H2,(H,37,38,41). The van der Waals surface area contributed by atoms with Gasteiger partial charge in [-0.2, -0.15) is 9.29 Å². The lowest BCUT2D eigenvalue weighted by Crippen LogP contribution is -2.46.